The van der Waals surface area contributed by atoms with Gasteiger partial charge in [0.05, 0.1) is 24.6 Å². The molecule has 1 aliphatic rings. The lowest BCUT2D eigenvalue weighted by molar-refractivity contribution is -0.116. The largest absolute Gasteiger partial charge is 0.378 e. The smallest absolute Gasteiger partial charge is 0.224 e. The van der Waals surface area contributed by atoms with Gasteiger partial charge in [0.15, 0.2) is 0 Å². The minimum atomic E-state index is 0.0653. The van der Waals surface area contributed by atoms with Crippen molar-refractivity contribution in [3.63, 3.8) is 0 Å². The van der Waals surface area contributed by atoms with Gasteiger partial charge < -0.3 is 19.9 Å². The number of rotatable bonds is 6. The number of aromatic nitrogens is 1. The Balaban J connectivity index is 1.34. The van der Waals surface area contributed by atoms with Crippen molar-refractivity contribution in [1.29, 1.82) is 0 Å². The van der Waals surface area contributed by atoms with E-state index in [1.807, 2.05) is 24.3 Å². The highest BCUT2D eigenvalue weighted by atomic mass is 16.5. The summed E-state index contributed by atoms with van der Waals surface area (Å²) in [5.41, 5.74) is 4.38. The Labute approximate surface area is 159 Å². The zero-order chi connectivity index (χ0) is 18.5. The molecular formula is C22H25N3O2. The van der Waals surface area contributed by atoms with Crippen LogP contribution in [-0.2, 0) is 16.0 Å². The van der Waals surface area contributed by atoms with Crippen LogP contribution in [-0.4, -0.2) is 37.2 Å². The molecular weight excluding hydrogens is 338 g/mol. The van der Waals surface area contributed by atoms with Crippen molar-refractivity contribution in [3.8, 4) is 0 Å². The van der Waals surface area contributed by atoms with Crippen LogP contribution in [0.25, 0.3) is 10.9 Å². The van der Waals surface area contributed by atoms with E-state index in [0.717, 1.165) is 56.0 Å². The standard InChI is InChI=1S/C22H25N3O2/c26-22(11-5-6-17-16-23-19-8-2-1-7-18(17)19)24-20-9-3-4-10-21(20)25-12-14-27-15-13-25/h1-4,7-10,16,23H,5-6,11-15H2,(H,24,26). The third-order valence-electron chi connectivity index (χ3n) is 5.05. The van der Waals surface area contributed by atoms with Crippen LogP contribution in [0.5, 0.6) is 0 Å². The number of nitrogens with one attached hydrogen (secondary N) is 2. The molecule has 140 valence electrons. The number of morpholine rings is 1. The molecule has 0 aliphatic carbocycles. The Morgan fingerprint density at radius 3 is 2.74 bits per heavy atom. The number of para-hydroxylation sites is 3. The van der Waals surface area contributed by atoms with Gasteiger partial charge in [-0.15, -0.1) is 0 Å². The number of nitrogens with zero attached hydrogens (tertiary/aromatic N) is 1. The Morgan fingerprint density at radius 2 is 1.85 bits per heavy atom. The maximum Gasteiger partial charge on any atom is 0.224 e. The summed E-state index contributed by atoms with van der Waals surface area (Å²) < 4.78 is 5.43. The molecule has 5 heteroatoms. The third-order valence-corrected chi connectivity index (χ3v) is 5.05. The van der Waals surface area contributed by atoms with Gasteiger partial charge >= 0.3 is 0 Å². The number of benzene rings is 2. The zero-order valence-corrected chi connectivity index (χ0v) is 15.4. The number of aryl methyl sites for hydroxylation is 1. The molecule has 1 aromatic heterocycles. The van der Waals surface area contributed by atoms with E-state index in [2.05, 4.69) is 45.7 Å². The predicted molar refractivity (Wildman–Crippen MR) is 109 cm³/mol. The Morgan fingerprint density at radius 1 is 1.07 bits per heavy atom. The van der Waals surface area contributed by atoms with Gasteiger partial charge in [0, 0.05) is 36.6 Å². The van der Waals surface area contributed by atoms with Crippen LogP contribution in [0.3, 0.4) is 0 Å². The van der Waals surface area contributed by atoms with Crippen LogP contribution < -0.4 is 10.2 Å². The summed E-state index contributed by atoms with van der Waals surface area (Å²) in [5, 5.41) is 4.34. The van der Waals surface area contributed by atoms with Crippen molar-refractivity contribution in [2.75, 3.05) is 36.5 Å². The topological polar surface area (TPSA) is 57.4 Å². The van der Waals surface area contributed by atoms with E-state index < -0.39 is 0 Å². The second-order valence-corrected chi connectivity index (χ2v) is 6.88. The van der Waals surface area contributed by atoms with Crippen LogP contribution in [0.15, 0.2) is 54.7 Å². The summed E-state index contributed by atoms with van der Waals surface area (Å²) in [6, 6.07) is 16.3. The summed E-state index contributed by atoms with van der Waals surface area (Å²) in [5.74, 6) is 0.0653. The van der Waals surface area contributed by atoms with Gasteiger partial charge in [-0.3, -0.25) is 4.79 Å². The molecule has 2 aromatic carbocycles. The molecule has 2 heterocycles. The minimum absolute atomic E-state index is 0.0653. The Kier molecular flexibility index (Phi) is 5.39. The molecule has 2 N–H and O–H groups in total. The lowest BCUT2D eigenvalue weighted by atomic mass is 10.1. The summed E-state index contributed by atoms with van der Waals surface area (Å²) in [7, 11) is 0. The van der Waals surface area contributed by atoms with Crippen LogP contribution in [0.1, 0.15) is 18.4 Å². The third kappa shape index (κ3) is 4.14. The van der Waals surface area contributed by atoms with Gasteiger partial charge in [-0.05, 0) is 36.6 Å². The molecule has 0 atom stereocenters. The van der Waals surface area contributed by atoms with E-state index in [1.165, 1.54) is 10.9 Å². The number of ether oxygens (including phenoxy) is 1. The summed E-state index contributed by atoms with van der Waals surface area (Å²) in [6.45, 7) is 3.17. The van der Waals surface area contributed by atoms with Crippen LogP contribution in [0.4, 0.5) is 11.4 Å². The molecule has 1 saturated heterocycles. The van der Waals surface area contributed by atoms with Gasteiger partial charge in [-0.25, -0.2) is 0 Å². The molecule has 0 radical (unpaired) electrons. The quantitative estimate of drug-likeness (QED) is 0.697. The van der Waals surface area contributed by atoms with Crippen LogP contribution in [0.2, 0.25) is 0 Å². The van der Waals surface area contributed by atoms with Crippen molar-refractivity contribution in [3.05, 3.63) is 60.3 Å². The molecule has 0 unspecified atom stereocenters. The average molecular weight is 363 g/mol. The first kappa shape index (κ1) is 17.6. The van der Waals surface area contributed by atoms with Crippen LogP contribution in [0, 0.1) is 0 Å². The van der Waals surface area contributed by atoms with Crippen molar-refractivity contribution in [2.45, 2.75) is 19.3 Å². The van der Waals surface area contributed by atoms with E-state index in [9.17, 15) is 4.79 Å². The van der Waals surface area contributed by atoms with Crippen molar-refractivity contribution >= 4 is 28.2 Å². The maximum absolute atomic E-state index is 12.5. The minimum Gasteiger partial charge on any atom is -0.378 e. The molecule has 1 aliphatic heterocycles. The highest BCUT2D eigenvalue weighted by molar-refractivity contribution is 5.94. The van der Waals surface area contributed by atoms with Crippen molar-refractivity contribution < 1.29 is 9.53 Å². The zero-order valence-electron chi connectivity index (χ0n) is 15.4. The fourth-order valence-electron chi connectivity index (χ4n) is 3.65. The lowest BCUT2D eigenvalue weighted by Crippen LogP contribution is -2.36. The summed E-state index contributed by atoms with van der Waals surface area (Å²) in [4.78, 5) is 18.0. The molecule has 0 spiro atoms. The molecule has 0 saturated carbocycles. The number of carbonyl (C=O) groups excluding carboxylic acids is 1. The van der Waals surface area contributed by atoms with E-state index in [4.69, 9.17) is 4.74 Å². The fraction of sp³-hybridized carbons (Fsp3) is 0.318. The number of anilines is 2. The first-order chi connectivity index (χ1) is 13.3. The number of carbonyl (C=O) groups is 1. The second-order valence-electron chi connectivity index (χ2n) is 6.88. The fourth-order valence-corrected chi connectivity index (χ4v) is 3.65. The van der Waals surface area contributed by atoms with E-state index in [-0.39, 0.29) is 5.91 Å². The highest BCUT2D eigenvalue weighted by Crippen LogP contribution is 2.26. The normalized spacial score (nSPS) is 14.4. The highest BCUT2D eigenvalue weighted by Gasteiger charge is 2.15. The second kappa shape index (κ2) is 8.27. The first-order valence-corrected chi connectivity index (χ1v) is 9.58. The van der Waals surface area contributed by atoms with E-state index in [1.54, 1.807) is 0 Å². The van der Waals surface area contributed by atoms with Gasteiger partial charge in [-0.1, -0.05) is 30.3 Å². The number of hydrogen-bond donors (Lipinski definition) is 2. The predicted octanol–water partition coefficient (Wildman–Crippen LogP) is 3.97. The van der Waals surface area contributed by atoms with Gasteiger partial charge in [0.1, 0.15) is 0 Å². The lowest BCUT2D eigenvalue weighted by Gasteiger charge is -2.30. The van der Waals surface area contributed by atoms with Crippen molar-refractivity contribution in [1.82, 2.24) is 4.98 Å². The molecule has 4 rings (SSSR count). The Bertz CT molecular complexity index is 913. The van der Waals surface area contributed by atoms with Gasteiger partial charge in [0.25, 0.3) is 0 Å². The number of fused-ring (bicyclic) bond motifs is 1. The summed E-state index contributed by atoms with van der Waals surface area (Å²) in [6.07, 6.45) is 4.28. The molecule has 27 heavy (non-hydrogen) atoms. The summed E-state index contributed by atoms with van der Waals surface area (Å²) >= 11 is 0. The SMILES string of the molecule is O=C(CCCc1c[nH]c2ccccc12)Nc1ccccc1N1CCOCC1. The molecule has 3 aromatic rings. The first-order valence-electron chi connectivity index (χ1n) is 9.58. The number of H-pyrrole nitrogens is 1. The number of aromatic amines is 1. The van der Waals surface area contributed by atoms with Crippen molar-refractivity contribution in [2.24, 2.45) is 0 Å². The average Bonchev–Trinajstić information content (AvgIpc) is 3.12. The molecule has 1 amide bonds. The van der Waals surface area contributed by atoms with E-state index >= 15 is 0 Å². The molecule has 5 nitrogen and oxygen atoms in total. The van der Waals surface area contributed by atoms with Crippen LogP contribution >= 0.6 is 0 Å². The Hall–Kier alpha value is -2.79. The monoisotopic (exact) mass is 363 g/mol. The molecule has 0 bridgehead atoms. The molecule has 1 fully saturated rings. The maximum atomic E-state index is 12.5. The van der Waals surface area contributed by atoms with Gasteiger partial charge in [0.2, 0.25) is 5.91 Å². The van der Waals surface area contributed by atoms with Gasteiger partial charge in [-0.2, -0.15) is 0 Å². The number of amides is 1. The van der Waals surface area contributed by atoms with E-state index in [0.29, 0.717) is 6.42 Å². The number of hydrogen-bond acceptors (Lipinski definition) is 3.